The van der Waals surface area contributed by atoms with Gasteiger partial charge in [0.2, 0.25) is 0 Å². The summed E-state index contributed by atoms with van der Waals surface area (Å²) >= 11 is 0. The summed E-state index contributed by atoms with van der Waals surface area (Å²) in [5, 5.41) is 2.60. The fraction of sp³-hybridized carbons (Fsp3) is 0.875. The van der Waals surface area contributed by atoms with E-state index in [-0.39, 0.29) is 5.67 Å². The minimum Gasteiger partial charge on any atom is -0.450 e. The van der Waals surface area contributed by atoms with Gasteiger partial charge in [-0.15, -0.1) is 0 Å². The Balaban J connectivity index is 4.37. The Morgan fingerprint density at radius 3 is 2.07 bits per heavy atom. The summed E-state index contributed by atoms with van der Waals surface area (Å²) in [6.45, 7) is 3.80. The van der Waals surface area contributed by atoms with Crippen molar-refractivity contribution in [3.8, 4) is 0 Å². The summed E-state index contributed by atoms with van der Waals surface area (Å²) < 4.78 is 20.4. The predicted molar refractivity (Wildman–Crippen MR) is 56.4 cm³/mol. The number of amides is 1. The molecule has 0 saturated heterocycles. The maximum atomic E-state index is 11.2. The highest BCUT2D eigenvalue weighted by Gasteiger charge is 2.45. The molecule has 0 bridgehead atoms. The molecule has 0 aliphatic heterocycles. The molecule has 0 spiro atoms. The van der Waals surface area contributed by atoms with E-state index in [0.29, 0.717) is 6.61 Å². The van der Waals surface area contributed by atoms with E-state index in [1.165, 1.54) is 21.3 Å². The number of carbonyl (C=O) groups excluding carboxylic acids is 1. The lowest BCUT2D eigenvalue weighted by Gasteiger charge is -2.30. The maximum absolute atomic E-state index is 11.2. The van der Waals surface area contributed by atoms with Crippen LogP contribution in [0.4, 0.5) is 4.79 Å². The van der Waals surface area contributed by atoms with Crippen molar-refractivity contribution in [2.24, 2.45) is 0 Å². The third-order valence-electron chi connectivity index (χ3n) is 1.99. The Hall–Kier alpha value is -0.633. The largest absolute Gasteiger partial charge is 0.523 e. The third kappa shape index (κ3) is 3.78. The average molecular weight is 237 g/mol. The quantitative estimate of drug-likeness (QED) is 0.683. The van der Waals surface area contributed by atoms with Crippen LogP contribution in [-0.2, 0) is 18.0 Å². The zero-order valence-corrected chi connectivity index (χ0v) is 10.8. The molecule has 0 saturated carbocycles. The van der Waals surface area contributed by atoms with Crippen molar-refractivity contribution in [2.75, 3.05) is 27.9 Å². The summed E-state index contributed by atoms with van der Waals surface area (Å²) in [6, 6.07) is 0. The zero-order chi connectivity index (χ0) is 11.9. The normalized spacial score (nSPS) is 13.4. The second-order valence-corrected chi connectivity index (χ2v) is 6.10. The maximum Gasteiger partial charge on any atom is 0.523 e. The summed E-state index contributed by atoms with van der Waals surface area (Å²) in [4.78, 5) is 11.2. The van der Waals surface area contributed by atoms with Gasteiger partial charge in [-0.05, 0) is 13.8 Å². The van der Waals surface area contributed by atoms with Gasteiger partial charge in [0.15, 0.2) is 0 Å². The molecule has 1 amide bonds. The van der Waals surface area contributed by atoms with E-state index >= 15 is 0 Å². The van der Waals surface area contributed by atoms with Crippen LogP contribution in [0, 0.1) is 0 Å². The molecule has 0 fully saturated rings. The molecule has 1 unspecified atom stereocenters. The van der Waals surface area contributed by atoms with Crippen LogP contribution in [0.15, 0.2) is 0 Å². The first-order valence-electron chi connectivity index (χ1n) is 4.65. The van der Waals surface area contributed by atoms with Crippen molar-refractivity contribution >= 4 is 14.9 Å². The van der Waals surface area contributed by atoms with Crippen LogP contribution >= 0.6 is 0 Å². The molecule has 0 aromatic carbocycles. The van der Waals surface area contributed by atoms with Crippen molar-refractivity contribution in [3.05, 3.63) is 0 Å². The van der Waals surface area contributed by atoms with Crippen LogP contribution in [0.2, 0.25) is 0 Å². The van der Waals surface area contributed by atoms with Crippen molar-refractivity contribution in [1.29, 1.82) is 0 Å². The van der Waals surface area contributed by atoms with E-state index < -0.39 is 14.9 Å². The second kappa shape index (κ2) is 6.78. The Bertz CT molecular complexity index is 189. The molecule has 7 heteroatoms. The lowest BCUT2D eigenvalue weighted by molar-refractivity contribution is 0.103. The number of alkyl carbamates (subject to hydrolysis) is 1. The van der Waals surface area contributed by atoms with E-state index in [1.807, 2.05) is 0 Å². The highest BCUT2D eigenvalue weighted by Crippen LogP contribution is 2.11. The molecule has 1 N–H and O–H groups in total. The molecule has 90 valence electrons. The molecular weight excluding hydrogens is 218 g/mol. The highest BCUT2D eigenvalue weighted by molar-refractivity contribution is 6.62. The van der Waals surface area contributed by atoms with Gasteiger partial charge in [-0.25, -0.2) is 4.79 Å². The average Bonchev–Trinajstić information content (AvgIpc) is 2.21. The van der Waals surface area contributed by atoms with E-state index in [0.717, 1.165) is 0 Å². The summed E-state index contributed by atoms with van der Waals surface area (Å²) in [7, 11) is 1.64. The van der Waals surface area contributed by atoms with E-state index in [2.05, 4.69) is 5.32 Å². The van der Waals surface area contributed by atoms with Crippen LogP contribution in [0.3, 0.4) is 0 Å². The smallest absolute Gasteiger partial charge is 0.450 e. The van der Waals surface area contributed by atoms with Crippen LogP contribution in [0.5, 0.6) is 0 Å². The van der Waals surface area contributed by atoms with E-state index in [4.69, 9.17) is 18.0 Å². The van der Waals surface area contributed by atoms with Gasteiger partial charge >= 0.3 is 14.9 Å². The number of ether oxygens (including phenoxy) is 1. The molecule has 1 atom stereocenters. The van der Waals surface area contributed by atoms with Gasteiger partial charge in [0, 0.05) is 21.3 Å². The molecule has 0 aromatic rings. The number of rotatable bonds is 6. The van der Waals surface area contributed by atoms with E-state index in [1.54, 1.807) is 13.8 Å². The van der Waals surface area contributed by atoms with Gasteiger partial charge in [0.05, 0.1) is 12.3 Å². The number of carbonyl (C=O) groups is 1. The summed E-state index contributed by atoms with van der Waals surface area (Å²) in [6.07, 6.45) is -0.506. The molecule has 15 heavy (non-hydrogen) atoms. The van der Waals surface area contributed by atoms with Crippen molar-refractivity contribution in [3.63, 3.8) is 0 Å². The zero-order valence-electron chi connectivity index (χ0n) is 9.83. The van der Waals surface area contributed by atoms with Gasteiger partial charge in [-0.2, -0.15) is 0 Å². The molecule has 6 nitrogen and oxygen atoms in total. The van der Waals surface area contributed by atoms with Gasteiger partial charge in [0.1, 0.15) is 0 Å². The topological polar surface area (TPSA) is 66.0 Å². The highest BCUT2D eigenvalue weighted by atomic mass is 28.4. The number of hydrogen-bond donors (Lipinski definition) is 1. The minimum atomic E-state index is -2.82. The molecule has 0 aliphatic carbocycles. The molecule has 0 aromatic heterocycles. The van der Waals surface area contributed by atoms with Crippen LogP contribution in [0.25, 0.3) is 0 Å². The third-order valence-corrected chi connectivity index (χ3v) is 4.91. The fourth-order valence-corrected chi connectivity index (χ4v) is 3.07. The van der Waals surface area contributed by atoms with E-state index in [9.17, 15) is 4.79 Å². The van der Waals surface area contributed by atoms with Crippen LogP contribution < -0.4 is 5.32 Å². The van der Waals surface area contributed by atoms with Crippen LogP contribution in [-0.4, -0.2) is 48.5 Å². The SMILES string of the molecule is CCOC(=O)NC(C)[Si](OC)(OC)OC. The Morgan fingerprint density at radius 1 is 1.27 bits per heavy atom. The number of hydrogen-bond acceptors (Lipinski definition) is 5. The Kier molecular flexibility index (Phi) is 6.49. The predicted octanol–water partition coefficient (Wildman–Crippen LogP) is 0.538. The monoisotopic (exact) mass is 237 g/mol. The summed E-state index contributed by atoms with van der Waals surface area (Å²) in [5.41, 5.74) is -0.364. The molecule has 0 radical (unpaired) electrons. The van der Waals surface area contributed by atoms with Crippen molar-refractivity contribution in [2.45, 2.75) is 19.5 Å². The van der Waals surface area contributed by atoms with Crippen molar-refractivity contribution < 1.29 is 22.8 Å². The lowest BCUT2D eigenvalue weighted by atomic mass is 10.7. The standard InChI is InChI=1S/C8H19NO5Si/c1-6-14-8(10)9-7(2)15(11-3,12-4)13-5/h7H,6H2,1-5H3,(H,9,10). The molecular formula is C8H19NO5Si. The molecule has 0 aliphatic rings. The van der Waals surface area contributed by atoms with Gasteiger partial charge in [-0.1, -0.05) is 0 Å². The van der Waals surface area contributed by atoms with Gasteiger partial charge < -0.3 is 23.3 Å². The summed E-state index contributed by atoms with van der Waals surface area (Å²) in [5.74, 6) is 0. The van der Waals surface area contributed by atoms with Crippen LogP contribution in [0.1, 0.15) is 13.8 Å². The second-order valence-electron chi connectivity index (χ2n) is 2.80. The molecule has 0 heterocycles. The Morgan fingerprint density at radius 2 is 1.73 bits per heavy atom. The first kappa shape index (κ1) is 14.4. The molecule has 0 rings (SSSR count). The first-order valence-corrected chi connectivity index (χ1v) is 6.45. The van der Waals surface area contributed by atoms with Gasteiger partial charge in [-0.3, -0.25) is 0 Å². The minimum absolute atomic E-state index is 0.319. The lowest BCUT2D eigenvalue weighted by Crippen LogP contribution is -2.60. The fourth-order valence-electron chi connectivity index (χ4n) is 1.22. The Labute approximate surface area is 91.2 Å². The van der Waals surface area contributed by atoms with Crippen molar-refractivity contribution in [1.82, 2.24) is 5.32 Å². The first-order chi connectivity index (χ1) is 7.06. The van der Waals surface area contributed by atoms with Gasteiger partial charge in [0.25, 0.3) is 0 Å². The number of nitrogens with one attached hydrogen (secondary N) is 1.